The molecule has 0 spiro atoms. The van der Waals surface area contributed by atoms with Crippen LogP contribution in [0.5, 0.6) is 0 Å². The first-order valence-corrected chi connectivity index (χ1v) is 6.28. The summed E-state index contributed by atoms with van der Waals surface area (Å²) >= 11 is 0. The second-order valence-corrected chi connectivity index (χ2v) is 5.14. The molecular formula is C12H22N2O. The van der Waals surface area contributed by atoms with Gasteiger partial charge >= 0.3 is 0 Å². The molecule has 1 unspecified atom stereocenters. The highest BCUT2D eigenvalue weighted by Gasteiger charge is 2.29. The van der Waals surface area contributed by atoms with Crippen LogP contribution in [0.2, 0.25) is 0 Å². The second-order valence-electron chi connectivity index (χ2n) is 5.14. The van der Waals surface area contributed by atoms with Crippen molar-refractivity contribution in [2.24, 2.45) is 17.6 Å². The summed E-state index contributed by atoms with van der Waals surface area (Å²) in [6, 6.07) is 0.105. The Kier molecular flexibility index (Phi) is 3.62. The smallest absolute Gasteiger partial charge is 0.221 e. The average molecular weight is 210 g/mol. The maximum atomic E-state index is 11.5. The van der Waals surface area contributed by atoms with Crippen LogP contribution in [0.3, 0.4) is 0 Å². The van der Waals surface area contributed by atoms with Crippen LogP contribution in [-0.2, 0) is 4.79 Å². The van der Waals surface area contributed by atoms with Gasteiger partial charge in [-0.2, -0.15) is 0 Å². The molecule has 2 aliphatic carbocycles. The second kappa shape index (κ2) is 4.97. The molecule has 0 radical (unpaired) electrons. The molecule has 2 aliphatic rings. The summed E-state index contributed by atoms with van der Waals surface area (Å²) in [5.41, 5.74) is 5.88. The molecule has 2 fully saturated rings. The minimum absolute atomic E-state index is 0.105. The van der Waals surface area contributed by atoms with E-state index in [2.05, 4.69) is 5.32 Å². The molecule has 1 atom stereocenters. The van der Waals surface area contributed by atoms with Gasteiger partial charge in [0, 0.05) is 19.0 Å². The molecule has 0 aromatic rings. The Morgan fingerprint density at radius 2 is 2.07 bits per heavy atom. The van der Waals surface area contributed by atoms with Crippen molar-refractivity contribution in [1.29, 1.82) is 0 Å². The maximum absolute atomic E-state index is 11.5. The lowest BCUT2D eigenvalue weighted by Gasteiger charge is -2.10. The topological polar surface area (TPSA) is 55.1 Å². The van der Waals surface area contributed by atoms with Crippen molar-refractivity contribution in [3.05, 3.63) is 0 Å². The van der Waals surface area contributed by atoms with Crippen molar-refractivity contribution in [3.63, 3.8) is 0 Å². The van der Waals surface area contributed by atoms with Crippen LogP contribution < -0.4 is 11.1 Å². The summed E-state index contributed by atoms with van der Waals surface area (Å²) in [5.74, 6) is 1.74. The monoisotopic (exact) mass is 210 g/mol. The average Bonchev–Trinajstić information content (AvgIpc) is 3.03. The lowest BCUT2D eigenvalue weighted by Crippen LogP contribution is -2.33. The van der Waals surface area contributed by atoms with Crippen LogP contribution >= 0.6 is 0 Å². The molecule has 86 valence electrons. The molecule has 2 saturated carbocycles. The van der Waals surface area contributed by atoms with E-state index in [4.69, 9.17) is 5.73 Å². The number of amides is 1. The van der Waals surface area contributed by atoms with Gasteiger partial charge in [-0.05, 0) is 37.5 Å². The van der Waals surface area contributed by atoms with Crippen molar-refractivity contribution in [2.45, 2.75) is 51.0 Å². The molecule has 0 aromatic heterocycles. The maximum Gasteiger partial charge on any atom is 0.221 e. The number of rotatable bonds is 7. The van der Waals surface area contributed by atoms with Crippen LogP contribution in [0.4, 0.5) is 0 Å². The van der Waals surface area contributed by atoms with E-state index in [0.29, 0.717) is 12.3 Å². The van der Waals surface area contributed by atoms with Crippen molar-refractivity contribution < 1.29 is 4.79 Å². The van der Waals surface area contributed by atoms with Gasteiger partial charge in [-0.1, -0.05) is 12.8 Å². The standard InChI is InChI=1S/C12H22N2O/c13-11(10-5-6-10)8-12(15)14-7-1-2-9-3-4-9/h9-11H,1-8,13H2,(H,14,15). The number of hydrogen-bond acceptors (Lipinski definition) is 2. The summed E-state index contributed by atoms with van der Waals surface area (Å²) in [6.07, 6.45) is 8.19. The fraction of sp³-hybridized carbons (Fsp3) is 0.917. The Labute approximate surface area is 91.8 Å². The number of carbonyl (C=O) groups excluding carboxylic acids is 1. The van der Waals surface area contributed by atoms with E-state index in [1.54, 1.807) is 0 Å². The molecule has 3 heteroatoms. The number of hydrogen-bond donors (Lipinski definition) is 2. The van der Waals surface area contributed by atoms with Gasteiger partial charge < -0.3 is 11.1 Å². The normalized spacial score (nSPS) is 22.5. The molecule has 15 heavy (non-hydrogen) atoms. The number of nitrogens with two attached hydrogens (primary N) is 1. The highest BCUT2D eigenvalue weighted by molar-refractivity contribution is 5.76. The van der Waals surface area contributed by atoms with E-state index in [1.807, 2.05) is 0 Å². The minimum atomic E-state index is 0.105. The van der Waals surface area contributed by atoms with Crippen molar-refractivity contribution in [1.82, 2.24) is 5.32 Å². The van der Waals surface area contributed by atoms with E-state index in [0.717, 1.165) is 18.9 Å². The lowest BCUT2D eigenvalue weighted by molar-refractivity contribution is -0.121. The molecule has 0 bridgehead atoms. The molecular weight excluding hydrogens is 188 g/mol. The van der Waals surface area contributed by atoms with Crippen molar-refractivity contribution >= 4 is 5.91 Å². The summed E-state index contributed by atoms with van der Waals surface area (Å²) in [5, 5.41) is 2.96. The van der Waals surface area contributed by atoms with Crippen molar-refractivity contribution in [2.75, 3.05) is 6.54 Å². The number of nitrogens with one attached hydrogen (secondary N) is 1. The molecule has 3 N–H and O–H groups in total. The van der Waals surface area contributed by atoms with Gasteiger partial charge in [-0.3, -0.25) is 4.79 Å². The summed E-state index contributed by atoms with van der Waals surface area (Å²) in [7, 11) is 0. The quantitative estimate of drug-likeness (QED) is 0.624. The minimum Gasteiger partial charge on any atom is -0.356 e. The molecule has 2 rings (SSSR count). The SMILES string of the molecule is NC(CC(=O)NCCCC1CC1)C1CC1. The Bertz CT molecular complexity index is 222. The predicted octanol–water partition coefficient (Wildman–Crippen LogP) is 1.42. The largest absolute Gasteiger partial charge is 0.356 e. The third-order valence-electron chi connectivity index (χ3n) is 3.46. The van der Waals surface area contributed by atoms with Crippen LogP contribution in [0.15, 0.2) is 0 Å². The molecule has 0 aliphatic heterocycles. The first-order valence-electron chi connectivity index (χ1n) is 6.28. The first-order chi connectivity index (χ1) is 7.25. The summed E-state index contributed by atoms with van der Waals surface area (Å²) < 4.78 is 0. The summed E-state index contributed by atoms with van der Waals surface area (Å²) in [6.45, 7) is 0.840. The molecule has 3 nitrogen and oxygen atoms in total. The molecule has 0 saturated heterocycles. The van der Waals surface area contributed by atoms with E-state index in [-0.39, 0.29) is 11.9 Å². The van der Waals surface area contributed by atoms with Gasteiger partial charge in [0.2, 0.25) is 5.91 Å². The highest BCUT2D eigenvalue weighted by Crippen LogP contribution is 2.33. The van der Waals surface area contributed by atoms with Gasteiger partial charge in [-0.15, -0.1) is 0 Å². The Balaban J connectivity index is 1.47. The van der Waals surface area contributed by atoms with Gasteiger partial charge in [-0.25, -0.2) is 0 Å². The zero-order chi connectivity index (χ0) is 10.7. The molecule has 1 amide bonds. The van der Waals surface area contributed by atoms with Crippen molar-refractivity contribution in [3.8, 4) is 0 Å². The molecule has 0 aromatic carbocycles. The van der Waals surface area contributed by atoms with Crippen LogP contribution in [0, 0.1) is 11.8 Å². The lowest BCUT2D eigenvalue weighted by atomic mass is 10.1. The zero-order valence-electron chi connectivity index (χ0n) is 9.37. The van der Waals surface area contributed by atoms with E-state index >= 15 is 0 Å². The van der Waals surface area contributed by atoms with E-state index in [9.17, 15) is 4.79 Å². The fourth-order valence-electron chi connectivity index (χ4n) is 2.00. The Morgan fingerprint density at radius 1 is 1.33 bits per heavy atom. The van der Waals surface area contributed by atoms with E-state index < -0.39 is 0 Å². The van der Waals surface area contributed by atoms with Crippen LogP contribution in [0.1, 0.15) is 44.9 Å². The van der Waals surface area contributed by atoms with Gasteiger partial charge in [0.1, 0.15) is 0 Å². The van der Waals surface area contributed by atoms with E-state index in [1.165, 1.54) is 32.1 Å². The van der Waals surface area contributed by atoms with Gasteiger partial charge in [0.15, 0.2) is 0 Å². The first kappa shape index (κ1) is 10.9. The summed E-state index contributed by atoms with van der Waals surface area (Å²) in [4.78, 5) is 11.5. The number of carbonyl (C=O) groups is 1. The third kappa shape index (κ3) is 4.20. The highest BCUT2D eigenvalue weighted by atomic mass is 16.1. The van der Waals surface area contributed by atoms with Crippen LogP contribution in [0.25, 0.3) is 0 Å². The molecule has 0 heterocycles. The Morgan fingerprint density at radius 3 is 2.67 bits per heavy atom. The fourth-order valence-corrected chi connectivity index (χ4v) is 2.00. The Hall–Kier alpha value is -0.570. The van der Waals surface area contributed by atoms with Gasteiger partial charge in [0.25, 0.3) is 0 Å². The van der Waals surface area contributed by atoms with Crippen LogP contribution in [-0.4, -0.2) is 18.5 Å². The van der Waals surface area contributed by atoms with Gasteiger partial charge in [0.05, 0.1) is 0 Å². The third-order valence-corrected chi connectivity index (χ3v) is 3.46. The predicted molar refractivity (Wildman–Crippen MR) is 60.3 cm³/mol. The zero-order valence-corrected chi connectivity index (χ0v) is 9.37.